The van der Waals surface area contributed by atoms with E-state index in [1.54, 1.807) is 52.7 Å². The summed E-state index contributed by atoms with van der Waals surface area (Å²) in [4.78, 5) is 0. The highest BCUT2D eigenvalue weighted by atomic mass is 16.5. The molecule has 1 aliphatic rings. The van der Waals surface area contributed by atoms with E-state index in [1.165, 1.54) is 0 Å². The van der Waals surface area contributed by atoms with E-state index in [4.69, 9.17) is 37.9 Å². The molecule has 0 aromatic heterocycles. The molecule has 96 heavy (non-hydrogen) atoms. The second kappa shape index (κ2) is 36.9. The van der Waals surface area contributed by atoms with Gasteiger partial charge in [-0.25, -0.2) is 0 Å². The van der Waals surface area contributed by atoms with Crippen molar-refractivity contribution in [3.8, 4) is 46.0 Å². The maximum Gasteiger partial charge on any atom is 0.126 e. The van der Waals surface area contributed by atoms with E-state index in [0.717, 1.165) is 122 Å². The van der Waals surface area contributed by atoms with Gasteiger partial charge in [-0.15, -0.1) is 0 Å². The van der Waals surface area contributed by atoms with Crippen molar-refractivity contribution in [2.75, 3.05) is 54.9 Å². The number of unbranched alkanes of at least 4 members (excludes halogenated alkanes) is 8. The summed E-state index contributed by atoms with van der Waals surface area (Å²) in [7, 11) is 6.72. The molecule has 0 spiro atoms. The van der Waals surface area contributed by atoms with Crippen LogP contribution in [0.25, 0.3) is 0 Å². The van der Waals surface area contributed by atoms with Crippen molar-refractivity contribution in [2.45, 2.75) is 179 Å². The third kappa shape index (κ3) is 18.4. The molecular formula is C84H104O12. The van der Waals surface area contributed by atoms with Gasteiger partial charge in [0.25, 0.3) is 0 Å². The first-order valence-electron chi connectivity index (χ1n) is 35.3. The Balaban J connectivity index is 1.39. The first kappa shape index (κ1) is 72.3. The predicted octanol–water partition coefficient (Wildman–Crippen LogP) is 20.7. The number of methoxy groups -OCH3 is 4. The van der Waals surface area contributed by atoms with Crippen molar-refractivity contribution < 1.29 is 58.3 Å². The molecule has 1 aliphatic carbocycles. The lowest BCUT2D eigenvalue weighted by atomic mass is 9.76. The first-order valence-corrected chi connectivity index (χ1v) is 35.3. The van der Waals surface area contributed by atoms with E-state index in [-0.39, 0.29) is 49.4 Å². The number of rotatable bonds is 36. The summed E-state index contributed by atoms with van der Waals surface area (Å²) >= 11 is 0. The average molecular weight is 1310 g/mol. The third-order valence-corrected chi connectivity index (χ3v) is 19.4. The zero-order valence-corrected chi connectivity index (χ0v) is 58.0. The van der Waals surface area contributed by atoms with Crippen LogP contribution in [-0.2, 0) is 18.9 Å². The molecule has 0 saturated heterocycles. The molecular weight excluding hydrogens is 1200 g/mol. The Morgan fingerprint density at radius 1 is 0.271 bits per heavy atom. The Kier molecular flexibility index (Phi) is 27.8. The molecule has 0 heterocycles. The van der Waals surface area contributed by atoms with E-state index >= 15 is 0 Å². The van der Waals surface area contributed by atoms with Gasteiger partial charge < -0.3 is 58.3 Å². The Morgan fingerprint density at radius 3 is 0.646 bits per heavy atom. The topological polar surface area (TPSA) is 155 Å². The van der Waals surface area contributed by atoms with Crippen molar-refractivity contribution in [3.63, 3.8) is 0 Å². The molecule has 9 rings (SSSR count). The average Bonchev–Trinajstić information content (AvgIpc) is 0.754. The number of phenols is 4. The third-order valence-electron chi connectivity index (χ3n) is 19.4. The zero-order chi connectivity index (χ0) is 67.8. The SMILES string of the molecule is CCCCCC1c2cc(c(OC[C@H](OC)c3ccccc3)cc2O)C(CCCCC)c2cc(c(OC[C@H](OC)c3ccccc3)cc2O)C(CCCCC)c2cc(c(OC[C@H](OC)c3ccccc3)cc2O)C(CCCCC)c2cc1c(OC[C@H](OC)c1ccccc1)cc2O. The number of hydrogen-bond donors (Lipinski definition) is 4. The fourth-order valence-corrected chi connectivity index (χ4v) is 14.0. The fourth-order valence-electron chi connectivity index (χ4n) is 14.0. The van der Waals surface area contributed by atoms with Gasteiger partial charge in [0.2, 0.25) is 0 Å². The number of benzene rings is 8. The van der Waals surface area contributed by atoms with Gasteiger partial charge in [0.15, 0.2) is 0 Å². The van der Waals surface area contributed by atoms with E-state index in [9.17, 15) is 20.4 Å². The van der Waals surface area contributed by atoms with Crippen molar-refractivity contribution >= 4 is 0 Å². The summed E-state index contributed by atoms with van der Waals surface area (Å²) < 4.78 is 52.9. The minimum absolute atomic E-state index is 0.0391. The lowest BCUT2D eigenvalue weighted by molar-refractivity contribution is 0.0568. The van der Waals surface area contributed by atoms with Crippen LogP contribution in [0.5, 0.6) is 46.0 Å². The van der Waals surface area contributed by atoms with Gasteiger partial charge in [-0.1, -0.05) is 226 Å². The number of fused-ring (bicyclic) bond motifs is 8. The van der Waals surface area contributed by atoms with E-state index in [2.05, 4.69) is 52.0 Å². The molecule has 4 unspecified atom stereocenters. The number of phenolic OH excluding ortho intramolecular Hbond substituents is 4. The highest BCUT2D eigenvalue weighted by Gasteiger charge is 2.35. The second-order valence-electron chi connectivity index (χ2n) is 25.8. The van der Waals surface area contributed by atoms with Gasteiger partial charge in [-0.3, -0.25) is 0 Å². The molecule has 8 aromatic rings. The van der Waals surface area contributed by atoms with Gasteiger partial charge in [-0.05, 0) is 72.2 Å². The molecule has 8 atom stereocenters. The molecule has 0 radical (unpaired) electrons. The van der Waals surface area contributed by atoms with Crippen LogP contribution in [0, 0.1) is 0 Å². The molecule has 12 heteroatoms. The summed E-state index contributed by atoms with van der Waals surface area (Å²) in [6.07, 6.45) is 11.4. The zero-order valence-electron chi connectivity index (χ0n) is 58.0. The van der Waals surface area contributed by atoms with E-state index in [0.29, 0.717) is 70.9 Å². The maximum absolute atomic E-state index is 13.2. The van der Waals surface area contributed by atoms with Gasteiger partial charge in [0.1, 0.15) is 96.8 Å². The van der Waals surface area contributed by atoms with Gasteiger partial charge in [0, 0.05) is 121 Å². The molecule has 0 aliphatic heterocycles. The van der Waals surface area contributed by atoms with Crippen LogP contribution in [0.1, 0.15) is 245 Å². The summed E-state index contributed by atoms with van der Waals surface area (Å²) in [6.45, 7) is 9.27. The quantitative estimate of drug-likeness (QED) is 0.0276. The molecule has 8 aromatic carbocycles. The van der Waals surface area contributed by atoms with Crippen LogP contribution in [-0.4, -0.2) is 75.3 Å². The van der Waals surface area contributed by atoms with Gasteiger partial charge >= 0.3 is 0 Å². The number of ether oxygens (including phenoxy) is 8. The second-order valence-corrected chi connectivity index (χ2v) is 25.8. The Bertz CT molecular complexity index is 3140. The molecule has 12 nitrogen and oxygen atoms in total. The molecule has 0 saturated carbocycles. The van der Waals surface area contributed by atoms with Gasteiger partial charge in [0.05, 0.1) is 0 Å². The fraction of sp³-hybridized carbons (Fsp3) is 0.429. The van der Waals surface area contributed by atoms with E-state index in [1.807, 2.05) is 121 Å². The summed E-state index contributed by atoms with van der Waals surface area (Å²) in [5, 5.41) is 52.7. The van der Waals surface area contributed by atoms with Crippen LogP contribution in [0.2, 0.25) is 0 Å². The number of aromatic hydroxyl groups is 4. The summed E-state index contributed by atoms with van der Waals surface area (Å²) in [6, 6.07) is 55.5. The van der Waals surface area contributed by atoms with Crippen LogP contribution < -0.4 is 18.9 Å². The monoisotopic (exact) mass is 1300 g/mol. The van der Waals surface area contributed by atoms with Crippen molar-refractivity contribution in [1.29, 1.82) is 0 Å². The molecule has 8 bridgehead atoms. The normalized spacial score (nSPS) is 16.5. The molecule has 4 N–H and O–H groups in total. The number of hydrogen-bond acceptors (Lipinski definition) is 12. The standard InChI is InChI=1S/C84H104O12/c1-9-13-21-41-61-65-45-70(78(49-73(65)85)94-54-82(90-6)58-35-27-18-28-36-58)63(43-23-15-11-3)67-47-72(80(51-75(67)87)96-56-84(92-8)60-39-31-20-32-40-60)64(44-24-16-12-4)68-48-71(79(52-76(68)88)95-55-83(91-7)59-37-29-19-30-38-59)62(42-22-14-10-2)66-46-69(61)77(50-74(66)86)93-53-81(89-5)57-33-25-17-26-34-57/h17-20,25-40,45-52,61-64,81-88H,9-16,21-24,41-44,53-56H2,1-8H3/t61?,62?,63?,64?,81-,82-,83-,84-/m0/s1. The highest BCUT2D eigenvalue weighted by molar-refractivity contribution is 5.63. The van der Waals surface area contributed by atoms with Crippen molar-refractivity contribution in [3.05, 3.63) is 237 Å². The van der Waals surface area contributed by atoms with Crippen LogP contribution in [0.3, 0.4) is 0 Å². The van der Waals surface area contributed by atoms with Crippen molar-refractivity contribution in [1.82, 2.24) is 0 Å². The summed E-state index contributed by atoms with van der Waals surface area (Å²) in [5.41, 5.74) is 9.56. The highest BCUT2D eigenvalue weighted by Crippen LogP contribution is 2.54. The predicted molar refractivity (Wildman–Crippen MR) is 383 cm³/mol. The lowest BCUT2D eigenvalue weighted by Gasteiger charge is -2.31. The minimum Gasteiger partial charge on any atom is -0.508 e. The lowest BCUT2D eigenvalue weighted by Crippen LogP contribution is -2.17. The van der Waals surface area contributed by atoms with Crippen molar-refractivity contribution in [2.24, 2.45) is 0 Å². The molecule has 0 fully saturated rings. The first-order chi connectivity index (χ1) is 47.0. The van der Waals surface area contributed by atoms with Crippen LogP contribution >= 0.6 is 0 Å². The Labute approximate surface area is 571 Å². The molecule has 512 valence electrons. The maximum atomic E-state index is 13.2. The smallest absolute Gasteiger partial charge is 0.126 e. The Morgan fingerprint density at radius 2 is 0.469 bits per heavy atom. The minimum atomic E-state index is -0.506. The Hall–Kier alpha value is -8.00. The summed E-state index contributed by atoms with van der Waals surface area (Å²) in [5.74, 6) is -0.0294. The van der Waals surface area contributed by atoms with E-state index < -0.39 is 48.1 Å². The van der Waals surface area contributed by atoms with Crippen LogP contribution in [0.15, 0.2) is 170 Å². The van der Waals surface area contributed by atoms with Gasteiger partial charge in [-0.2, -0.15) is 0 Å². The molecule has 0 amide bonds. The largest absolute Gasteiger partial charge is 0.508 e. The van der Waals surface area contributed by atoms with Crippen LogP contribution in [0.4, 0.5) is 0 Å².